The standard InChI is InChI=1S/C13H16F2N2O2S/c1-10(2)9-17(7-3-6-16)20(18,19)13-5-4-11(14)8-12(13)15/h4-5,8,10H,3,7,9H2,1-2H3. The van der Waals surface area contributed by atoms with E-state index < -0.39 is 26.6 Å². The summed E-state index contributed by atoms with van der Waals surface area (Å²) in [7, 11) is -4.08. The van der Waals surface area contributed by atoms with E-state index in [0.717, 1.165) is 16.4 Å². The third-order valence-corrected chi connectivity index (χ3v) is 4.45. The Morgan fingerprint density at radius 2 is 2.00 bits per heavy atom. The summed E-state index contributed by atoms with van der Waals surface area (Å²) in [6.07, 6.45) is 0.00869. The first-order valence-electron chi connectivity index (χ1n) is 6.11. The van der Waals surface area contributed by atoms with Gasteiger partial charge in [-0.3, -0.25) is 0 Å². The van der Waals surface area contributed by atoms with Crippen molar-refractivity contribution in [3.05, 3.63) is 29.8 Å². The minimum absolute atomic E-state index is 0.00869. The number of hydrogen-bond donors (Lipinski definition) is 0. The van der Waals surface area contributed by atoms with Crippen LogP contribution in [0.3, 0.4) is 0 Å². The molecule has 1 rings (SSSR count). The van der Waals surface area contributed by atoms with E-state index in [0.29, 0.717) is 6.07 Å². The van der Waals surface area contributed by atoms with Crippen LogP contribution >= 0.6 is 0 Å². The number of nitriles is 1. The van der Waals surface area contributed by atoms with Gasteiger partial charge in [-0.15, -0.1) is 0 Å². The van der Waals surface area contributed by atoms with Crippen LogP contribution in [0.25, 0.3) is 0 Å². The first-order chi connectivity index (χ1) is 9.28. The van der Waals surface area contributed by atoms with Gasteiger partial charge in [-0.25, -0.2) is 17.2 Å². The number of rotatable bonds is 6. The Hall–Kier alpha value is -1.52. The minimum Gasteiger partial charge on any atom is -0.207 e. The highest BCUT2D eigenvalue weighted by Crippen LogP contribution is 2.21. The molecule has 1 aromatic rings. The molecule has 1 aromatic carbocycles. The van der Waals surface area contributed by atoms with Gasteiger partial charge >= 0.3 is 0 Å². The van der Waals surface area contributed by atoms with Crippen molar-refractivity contribution >= 4 is 10.0 Å². The summed E-state index contributed by atoms with van der Waals surface area (Å²) in [4.78, 5) is -0.572. The van der Waals surface area contributed by atoms with Crippen LogP contribution in [0.5, 0.6) is 0 Å². The molecule has 0 aliphatic rings. The molecule has 0 saturated heterocycles. The molecule has 0 N–H and O–H groups in total. The van der Waals surface area contributed by atoms with Crippen LogP contribution in [0.4, 0.5) is 8.78 Å². The van der Waals surface area contributed by atoms with Crippen molar-refractivity contribution in [2.45, 2.75) is 25.2 Å². The smallest absolute Gasteiger partial charge is 0.207 e. The van der Waals surface area contributed by atoms with Gasteiger partial charge in [0.25, 0.3) is 0 Å². The Morgan fingerprint density at radius 3 is 2.50 bits per heavy atom. The summed E-state index contributed by atoms with van der Waals surface area (Å²) >= 11 is 0. The average Bonchev–Trinajstić information content (AvgIpc) is 2.33. The zero-order valence-corrected chi connectivity index (χ0v) is 12.1. The second-order valence-electron chi connectivity index (χ2n) is 4.74. The van der Waals surface area contributed by atoms with Gasteiger partial charge in [0.15, 0.2) is 0 Å². The van der Waals surface area contributed by atoms with E-state index in [1.165, 1.54) is 0 Å². The zero-order chi connectivity index (χ0) is 15.3. The molecule has 0 aromatic heterocycles. The molecule has 0 atom stereocenters. The Bertz CT molecular complexity index is 609. The lowest BCUT2D eigenvalue weighted by atomic mass is 10.2. The van der Waals surface area contributed by atoms with Crippen molar-refractivity contribution in [2.75, 3.05) is 13.1 Å². The van der Waals surface area contributed by atoms with E-state index in [-0.39, 0.29) is 25.4 Å². The normalized spacial score (nSPS) is 11.8. The van der Waals surface area contributed by atoms with Gasteiger partial charge in [0.05, 0.1) is 6.07 Å². The van der Waals surface area contributed by atoms with Crippen molar-refractivity contribution in [1.29, 1.82) is 5.26 Å². The molecule has 0 radical (unpaired) electrons. The molecule has 4 nitrogen and oxygen atoms in total. The first-order valence-corrected chi connectivity index (χ1v) is 7.55. The van der Waals surface area contributed by atoms with Crippen LogP contribution < -0.4 is 0 Å². The minimum atomic E-state index is -4.08. The molecular formula is C13H16F2N2O2S. The van der Waals surface area contributed by atoms with Crippen LogP contribution in [0.2, 0.25) is 0 Å². The van der Waals surface area contributed by atoms with Crippen molar-refractivity contribution < 1.29 is 17.2 Å². The van der Waals surface area contributed by atoms with E-state index >= 15 is 0 Å². The quantitative estimate of drug-likeness (QED) is 0.811. The maximum absolute atomic E-state index is 13.7. The predicted molar refractivity (Wildman–Crippen MR) is 70.2 cm³/mol. The second kappa shape index (κ2) is 6.77. The molecule has 110 valence electrons. The molecule has 0 aliphatic carbocycles. The average molecular weight is 302 g/mol. The number of hydrogen-bond acceptors (Lipinski definition) is 3. The third-order valence-electron chi connectivity index (χ3n) is 2.55. The Balaban J connectivity index is 3.18. The lowest BCUT2D eigenvalue weighted by molar-refractivity contribution is 0.370. The third kappa shape index (κ3) is 3.99. The van der Waals surface area contributed by atoms with Gasteiger partial charge in [0, 0.05) is 25.6 Å². The maximum Gasteiger partial charge on any atom is 0.246 e. The van der Waals surface area contributed by atoms with Crippen LogP contribution in [0.1, 0.15) is 20.3 Å². The molecule has 0 fully saturated rings. The molecule has 0 spiro atoms. The molecule has 0 unspecified atom stereocenters. The predicted octanol–water partition coefficient (Wildman–Crippen LogP) is 2.53. The van der Waals surface area contributed by atoms with Crippen molar-refractivity contribution in [2.24, 2.45) is 5.92 Å². The Labute approximate surface area is 117 Å². The molecule has 20 heavy (non-hydrogen) atoms. The van der Waals surface area contributed by atoms with Gasteiger partial charge in [-0.05, 0) is 18.1 Å². The summed E-state index contributed by atoms with van der Waals surface area (Å²) in [5.74, 6) is -1.95. The fourth-order valence-electron chi connectivity index (χ4n) is 1.72. The number of sulfonamides is 1. The fraction of sp³-hybridized carbons (Fsp3) is 0.462. The SMILES string of the molecule is CC(C)CN(CCC#N)S(=O)(=O)c1ccc(F)cc1F. The zero-order valence-electron chi connectivity index (χ0n) is 11.3. The topological polar surface area (TPSA) is 61.2 Å². The molecule has 7 heteroatoms. The Morgan fingerprint density at radius 1 is 1.35 bits per heavy atom. The van der Waals surface area contributed by atoms with Crippen molar-refractivity contribution in [1.82, 2.24) is 4.31 Å². The van der Waals surface area contributed by atoms with Gasteiger partial charge in [0.2, 0.25) is 10.0 Å². The number of halogens is 2. The molecule has 0 amide bonds. The number of nitrogens with zero attached hydrogens (tertiary/aromatic N) is 2. The van der Waals surface area contributed by atoms with Crippen LogP contribution in [-0.2, 0) is 10.0 Å². The van der Waals surface area contributed by atoms with E-state index in [9.17, 15) is 17.2 Å². The lowest BCUT2D eigenvalue weighted by Crippen LogP contribution is -2.35. The summed E-state index contributed by atoms with van der Waals surface area (Å²) in [5, 5.41) is 8.58. The van der Waals surface area contributed by atoms with Crippen LogP contribution in [-0.4, -0.2) is 25.8 Å². The van der Waals surface area contributed by atoms with Gasteiger partial charge in [-0.2, -0.15) is 9.57 Å². The Kier molecular flexibility index (Phi) is 5.60. The van der Waals surface area contributed by atoms with Gasteiger partial charge < -0.3 is 0 Å². The van der Waals surface area contributed by atoms with Gasteiger partial charge in [-0.1, -0.05) is 13.8 Å². The largest absolute Gasteiger partial charge is 0.246 e. The second-order valence-corrected chi connectivity index (χ2v) is 6.65. The van der Waals surface area contributed by atoms with Crippen molar-refractivity contribution in [3.8, 4) is 6.07 Å². The highest BCUT2D eigenvalue weighted by Gasteiger charge is 2.27. The molecule has 0 bridgehead atoms. The fourth-order valence-corrected chi connectivity index (χ4v) is 3.36. The van der Waals surface area contributed by atoms with Crippen LogP contribution in [0.15, 0.2) is 23.1 Å². The van der Waals surface area contributed by atoms with E-state index in [1.54, 1.807) is 0 Å². The molecule has 0 aliphatic heterocycles. The highest BCUT2D eigenvalue weighted by atomic mass is 32.2. The summed E-state index contributed by atoms with van der Waals surface area (Å²) < 4.78 is 52.3. The summed E-state index contributed by atoms with van der Waals surface area (Å²) in [5.41, 5.74) is 0. The summed E-state index contributed by atoms with van der Waals surface area (Å²) in [6, 6.07) is 4.19. The first kappa shape index (κ1) is 16.5. The molecular weight excluding hydrogens is 286 g/mol. The molecule has 0 saturated carbocycles. The summed E-state index contributed by atoms with van der Waals surface area (Å²) in [6.45, 7) is 3.78. The molecule has 0 heterocycles. The van der Waals surface area contributed by atoms with E-state index in [4.69, 9.17) is 5.26 Å². The highest BCUT2D eigenvalue weighted by molar-refractivity contribution is 7.89. The van der Waals surface area contributed by atoms with Crippen LogP contribution in [0, 0.1) is 28.9 Å². The van der Waals surface area contributed by atoms with Crippen molar-refractivity contribution in [3.63, 3.8) is 0 Å². The van der Waals surface area contributed by atoms with E-state index in [1.807, 2.05) is 19.9 Å². The lowest BCUT2D eigenvalue weighted by Gasteiger charge is -2.23. The maximum atomic E-state index is 13.7. The number of benzene rings is 1. The monoisotopic (exact) mass is 302 g/mol. The van der Waals surface area contributed by atoms with Gasteiger partial charge in [0.1, 0.15) is 16.5 Å². The van der Waals surface area contributed by atoms with E-state index in [2.05, 4.69) is 0 Å².